The summed E-state index contributed by atoms with van der Waals surface area (Å²) in [6.07, 6.45) is 12.1. The first-order chi connectivity index (χ1) is 5.34. The van der Waals surface area contributed by atoms with Crippen LogP contribution in [0.2, 0.25) is 0 Å². The zero-order chi connectivity index (χ0) is 8.10. The molecule has 1 aliphatic rings. The van der Waals surface area contributed by atoms with Crippen molar-refractivity contribution < 1.29 is 0 Å². The van der Waals surface area contributed by atoms with Gasteiger partial charge in [-0.1, -0.05) is 24.3 Å². The van der Waals surface area contributed by atoms with E-state index in [1.54, 1.807) is 0 Å². The van der Waals surface area contributed by atoms with Crippen molar-refractivity contribution in [2.75, 3.05) is 0 Å². The number of allylic oxidation sites excluding steroid dienone is 4. The van der Waals surface area contributed by atoms with Crippen molar-refractivity contribution in [1.29, 1.82) is 0 Å². The Labute approximate surface area is 67.8 Å². The van der Waals surface area contributed by atoms with Crippen LogP contribution in [0.3, 0.4) is 0 Å². The Morgan fingerprint density at radius 2 is 2.36 bits per heavy atom. The molecule has 0 aromatic rings. The Hall–Kier alpha value is -1.11. The molecule has 0 aliphatic carbocycles. The van der Waals surface area contributed by atoms with Gasteiger partial charge in [0.1, 0.15) is 0 Å². The molecule has 1 heteroatoms. The maximum absolute atomic E-state index is 4.25. The Balaban J connectivity index is 2.72. The highest BCUT2D eigenvalue weighted by molar-refractivity contribution is 5.74. The average Bonchev–Trinajstić information content (AvgIpc) is 2.03. The first kappa shape index (κ1) is 7.99. The van der Waals surface area contributed by atoms with Crippen LogP contribution in [0.4, 0.5) is 0 Å². The van der Waals surface area contributed by atoms with Crippen LogP contribution >= 0.6 is 0 Å². The molecule has 0 aromatic heterocycles. The van der Waals surface area contributed by atoms with Crippen LogP contribution in [-0.4, -0.2) is 12.3 Å². The summed E-state index contributed by atoms with van der Waals surface area (Å²) < 4.78 is 0. The van der Waals surface area contributed by atoms with Gasteiger partial charge in [0.25, 0.3) is 0 Å². The number of aliphatic imine (C=N–C) groups is 1. The predicted octanol–water partition coefficient (Wildman–Crippen LogP) is 2.52. The number of hydrogen-bond acceptors (Lipinski definition) is 1. The van der Waals surface area contributed by atoms with E-state index < -0.39 is 0 Å². The number of dihydropyridines is 1. The second kappa shape index (κ2) is 3.91. The third kappa shape index (κ3) is 2.19. The van der Waals surface area contributed by atoms with Crippen LogP contribution in [0.25, 0.3) is 0 Å². The zero-order valence-electron chi connectivity index (χ0n) is 6.99. The smallest absolute Gasteiger partial charge is 0.0720 e. The van der Waals surface area contributed by atoms with Gasteiger partial charge in [0, 0.05) is 6.21 Å². The molecule has 1 rings (SSSR count). The molecule has 1 nitrogen and oxygen atoms in total. The fourth-order valence-electron chi connectivity index (χ4n) is 0.960. The van der Waals surface area contributed by atoms with Gasteiger partial charge in [0.05, 0.1) is 6.04 Å². The lowest BCUT2D eigenvalue weighted by Gasteiger charge is -2.09. The summed E-state index contributed by atoms with van der Waals surface area (Å²) >= 11 is 0. The Kier molecular flexibility index (Phi) is 2.84. The molecule has 11 heavy (non-hydrogen) atoms. The van der Waals surface area contributed by atoms with E-state index in [1.165, 1.54) is 5.57 Å². The number of rotatable bonds is 1. The van der Waals surface area contributed by atoms with E-state index in [0.29, 0.717) is 6.04 Å². The van der Waals surface area contributed by atoms with Gasteiger partial charge in [-0.25, -0.2) is 0 Å². The van der Waals surface area contributed by atoms with Gasteiger partial charge in [0.2, 0.25) is 0 Å². The predicted molar refractivity (Wildman–Crippen MR) is 50.0 cm³/mol. The van der Waals surface area contributed by atoms with Crippen LogP contribution in [-0.2, 0) is 0 Å². The van der Waals surface area contributed by atoms with E-state index in [1.807, 2.05) is 31.4 Å². The zero-order valence-corrected chi connectivity index (χ0v) is 6.99. The molecule has 1 unspecified atom stereocenters. The van der Waals surface area contributed by atoms with Gasteiger partial charge in [0.15, 0.2) is 0 Å². The first-order valence-electron chi connectivity index (χ1n) is 3.87. The minimum absolute atomic E-state index is 0.316. The van der Waals surface area contributed by atoms with E-state index >= 15 is 0 Å². The summed E-state index contributed by atoms with van der Waals surface area (Å²) in [5, 5.41) is 0. The molecule has 0 saturated heterocycles. The van der Waals surface area contributed by atoms with E-state index in [2.05, 4.69) is 24.1 Å². The van der Waals surface area contributed by atoms with Crippen molar-refractivity contribution in [2.24, 2.45) is 4.99 Å². The fraction of sp³-hybridized carbons (Fsp3) is 0.300. The summed E-state index contributed by atoms with van der Waals surface area (Å²) in [7, 11) is 0. The van der Waals surface area contributed by atoms with Crippen molar-refractivity contribution in [2.45, 2.75) is 19.9 Å². The monoisotopic (exact) mass is 147 g/mol. The molecule has 1 atom stereocenters. The van der Waals surface area contributed by atoms with Gasteiger partial charge < -0.3 is 0 Å². The van der Waals surface area contributed by atoms with Crippen molar-refractivity contribution in [3.05, 3.63) is 36.0 Å². The summed E-state index contributed by atoms with van der Waals surface area (Å²) in [4.78, 5) is 4.25. The quantitative estimate of drug-likeness (QED) is 0.540. The van der Waals surface area contributed by atoms with Crippen LogP contribution in [0.5, 0.6) is 0 Å². The maximum Gasteiger partial charge on any atom is 0.0720 e. The molecule has 58 valence electrons. The molecule has 1 aliphatic heterocycles. The molecule has 0 bridgehead atoms. The van der Waals surface area contributed by atoms with Crippen molar-refractivity contribution in [1.82, 2.24) is 0 Å². The molecular formula is C10H13N. The van der Waals surface area contributed by atoms with E-state index in [9.17, 15) is 0 Å². The Morgan fingerprint density at radius 1 is 1.55 bits per heavy atom. The van der Waals surface area contributed by atoms with Crippen LogP contribution in [0.15, 0.2) is 40.9 Å². The molecule has 0 fully saturated rings. The fourth-order valence-corrected chi connectivity index (χ4v) is 0.960. The number of hydrogen-bond donors (Lipinski definition) is 0. The van der Waals surface area contributed by atoms with Gasteiger partial charge in [-0.3, -0.25) is 4.99 Å². The first-order valence-corrected chi connectivity index (χ1v) is 3.87. The summed E-state index contributed by atoms with van der Waals surface area (Å²) in [6, 6.07) is 0.316. The normalized spacial score (nSPS) is 27.1. The average molecular weight is 147 g/mol. The SMILES string of the molecule is CC=CC=C1C=CC=NC1C. The largest absolute Gasteiger partial charge is 0.285 e. The molecule has 0 spiro atoms. The van der Waals surface area contributed by atoms with Gasteiger partial charge >= 0.3 is 0 Å². The van der Waals surface area contributed by atoms with Crippen LogP contribution in [0, 0.1) is 0 Å². The summed E-state index contributed by atoms with van der Waals surface area (Å²) in [6.45, 7) is 4.10. The van der Waals surface area contributed by atoms with Crippen LogP contribution < -0.4 is 0 Å². The Bertz CT molecular complexity index is 231. The molecular weight excluding hydrogens is 134 g/mol. The highest BCUT2D eigenvalue weighted by Gasteiger charge is 2.03. The van der Waals surface area contributed by atoms with Gasteiger partial charge in [-0.15, -0.1) is 0 Å². The van der Waals surface area contributed by atoms with E-state index in [-0.39, 0.29) is 0 Å². The summed E-state index contributed by atoms with van der Waals surface area (Å²) in [5.41, 5.74) is 1.27. The lowest BCUT2D eigenvalue weighted by atomic mass is 10.1. The molecule has 0 saturated carbocycles. The van der Waals surface area contributed by atoms with E-state index in [4.69, 9.17) is 0 Å². The van der Waals surface area contributed by atoms with Crippen molar-refractivity contribution >= 4 is 6.21 Å². The lowest BCUT2D eigenvalue weighted by Crippen LogP contribution is -2.03. The highest BCUT2D eigenvalue weighted by atomic mass is 14.8. The van der Waals surface area contributed by atoms with E-state index in [0.717, 1.165) is 0 Å². The van der Waals surface area contributed by atoms with Crippen molar-refractivity contribution in [3.63, 3.8) is 0 Å². The topological polar surface area (TPSA) is 12.4 Å². The van der Waals surface area contributed by atoms with Gasteiger partial charge in [-0.05, 0) is 25.5 Å². The molecule has 0 radical (unpaired) electrons. The second-order valence-corrected chi connectivity index (χ2v) is 2.53. The third-order valence-electron chi connectivity index (χ3n) is 1.65. The highest BCUT2D eigenvalue weighted by Crippen LogP contribution is 2.10. The van der Waals surface area contributed by atoms with Crippen LogP contribution in [0.1, 0.15) is 13.8 Å². The molecule has 1 heterocycles. The maximum atomic E-state index is 4.25. The minimum atomic E-state index is 0.316. The van der Waals surface area contributed by atoms with Gasteiger partial charge in [-0.2, -0.15) is 0 Å². The third-order valence-corrected chi connectivity index (χ3v) is 1.65. The summed E-state index contributed by atoms with van der Waals surface area (Å²) in [5.74, 6) is 0. The number of nitrogens with zero attached hydrogens (tertiary/aromatic N) is 1. The lowest BCUT2D eigenvalue weighted by molar-refractivity contribution is 0.886. The second-order valence-electron chi connectivity index (χ2n) is 2.53. The minimum Gasteiger partial charge on any atom is -0.285 e. The molecule has 0 amide bonds. The standard InChI is InChI=1S/C10H13N/c1-3-4-6-10-7-5-8-11-9(10)2/h3-9H,1-2H3. The Morgan fingerprint density at radius 3 is 3.00 bits per heavy atom. The molecule has 0 aromatic carbocycles. The van der Waals surface area contributed by atoms with Crippen molar-refractivity contribution in [3.8, 4) is 0 Å². The molecule has 0 N–H and O–H groups in total.